The number of hydrogen-bond donors (Lipinski definition) is 3. The Morgan fingerprint density at radius 3 is 2.74 bits per heavy atom. The number of fused-ring (bicyclic) bond motifs is 1. The number of allylic oxidation sites excluding steroid dienone is 1. The molecule has 0 saturated heterocycles. The van der Waals surface area contributed by atoms with Gasteiger partial charge in [0.1, 0.15) is 17.7 Å². The maximum absolute atomic E-state index is 15.0. The number of nitrogens with zero attached hydrogens (tertiary/aromatic N) is 3. The standard InChI is InChI=1S/C25H20ClFN6O2/c1-13-22(25(34)31-17-5-7-20-15(9-17)12-29-33-20)23(18-6-4-16(26)10-19(18)27)32-24(30-13)14-3-8-21(35-2)28-11-14/h3-12,23H,1-2H3,(H,29,33)(H,30,32)(H,31,34). The summed E-state index contributed by atoms with van der Waals surface area (Å²) < 4.78 is 20.1. The third kappa shape index (κ3) is 4.45. The first-order valence-electron chi connectivity index (χ1n) is 10.7. The van der Waals surface area contributed by atoms with Gasteiger partial charge in [0.05, 0.1) is 24.4 Å². The van der Waals surface area contributed by atoms with E-state index < -0.39 is 17.8 Å². The predicted octanol–water partition coefficient (Wildman–Crippen LogP) is 4.76. The Morgan fingerprint density at radius 2 is 2.00 bits per heavy atom. The van der Waals surface area contributed by atoms with Crippen LogP contribution in [0.1, 0.15) is 24.1 Å². The SMILES string of the molecule is COc1ccc(C2=NC(c3ccc(Cl)cc3F)C(C(=O)Nc3ccc4[nH]ncc4c3)=C(C)N2)cn1. The number of halogens is 2. The zero-order valence-electron chi connectivity index (χ0n) is 18.8. The topological polar surface area (TPSA) is 104 Å². The predicted molar refractivity (Wildman–Crippen MR) is 132 cm³/mol. The molecule has 2 aromatic carbocycles. The third-order valence-electron chi connectivity index (χ3n) is 5.66. The fraction of sp³-hybridized carbons (Fsp3) is 0.120. The van der Waals surface area contributed by atoms with Gasteiger partial charge in [-0.25, -0.2) is 9.37 Å². The van der Waals surface area contributed by atoms with Gasteiger partial charge in [-0.1, -0.05) is 17.7 Å². The molecule has 1 amide bonds. The van der Waals surface area contributed by atoms with Crippen LogP contribution in [0.15, 0.2) is 77.2 Å². The minimum absolute atomic E-state index is 0.227. The zero-order chi connectivity index (χ0) is 24.5. The highest BCUT2D eigenvalue weighted by atomic mass is 35.5. The Bertz CT molecular complexity index is 1500. The van der Waals surface area contributed by atoms with Crippen LogP contribution in [-0.4, -0.2) is 34.0 Å². The zero-order valence-corrected chi connectivity index (χ0v) is 19.5. The molecule has 0 aliphatic carbocycles. The highest BCUT2D eigenvalue weighted by Crippen LogP contribution is 2.35. The monoisotopic (exact) mass is 490 g/mol. The Balaban J connectivity index is 1.54. The molecule has 5 rings (SSSR count). The lowest BCUT2D eigenvalue weighted by Crippen LogP contribution is -2.34. The van der Waals surface area contributed by atoms with Crippen molar-refractivity contribution in [3.05, 3.63) is 94.2 Å². The summed E-state index contributed by atoms with van der Waals surface area (Å²) in [5.74, 6) is -0.0631. The number of methoxy groups -OCH3 is 1. The number of aromatic amines is 1. The lowest BCUT2D eigenvalue weighted by molar-refractivity contribution is -0.113. The van der Waals surface area contributed by atoms with Crippen molar-refractivity contribution in [2.75, 3.05) is 12.4 Å². The first-order chi connectivity index (χ1) is 16.9. The van der Waals surface area contributed by atoms with Crippen molar-refractivity contribution >= 4 is 39.9 Å². The molecule has 3 heterocycles. The number of amides is 1. The summed E-state index contributed by atoms with van der Waals surface area (Å²) in [5.41, 5.74) is 3.13. The van der Waals surface area contributed by atoms with Crippen molar-refractivity contribution in [3.8, 4) is 5.88 Å². The van der Waals surface area contributed by atoms with Crippen molar-refractivity contribution in [2.24, 2.45) is 4.99 Å². The van der Waals surface area contributed by atoms with E-state index in [-0.39, 0.29) is 16.2 Å². The molecular formula is C25H20ClFN6O2. The smallest absolute Gasteiger partial charge is 0.255 e. The summed E-state index contributed by atoms with van der Waals surface area (Å²) >= 11 is 5.97. The van der Waals surface area contributed by atoms with E-state index in [1.807, 2.05) is 6.07 Å². The Kier molecular flexibility index (Phi) is 5.92. The van der Waals surface area contributed by atoms with Gasteiger partial charge in [0.2, 0.25) is 5.88 Å². The van der Waals surface area contributed by atoms with Crippen LogP contribution in [0, 0.1) is 5.82 Å². The molecule has 10 heteroatoms. The van der Waals surface area contributed by atoms with E-state index in [1.54, 1.807) is 55.7 Å². The molecule has 1 unspecified atom stereocenters. The molecular weight excluding hydrogens is 471 g/mol. The van der Waals surface area contributed by atoms with E-state index in [2.05, 4.69) is 25.8 Å². The average Bonchev–Trinajstić information content (AvgIpc) is 3.31. The quantitative estimate of drug-likeness (QED) is 0.374. The van der Waals surface area contributed by atoms with E-state index in [1.165, 1.54) is 13.2 Å². The van der Waals surface area contributed by atoms with Crippen molar-refractivity contribution in [2.45, 2.75) is 13.0 Å². The molecule has 0 fully saturated rings. The van der Waals surface area contributed by atoms with Gasteiger partial charge in [-0.05, 0) is 43.3 Å². The summed E-state index contributed by atoms with van der Waals surface area (Å²) in [6, 6.07) is 12.3. The molecule has 35 heavy (non-hydrogen) atoms. The highest BCUT2D eigenvalue weighted by Gasteiger charge is 2.31. The number of nitrogens with one attached hydrogen (secondary N) is 3. The summed E-state index contributed by atoms with van der Waals surface area (Å²) in [7, 11) is 1.53. The molecule has 0 radical (unpaired) electrons. The van der Waals surface area contributed by atoms with Crippen molar-refractivity contribution < 1.29 is 13.9 Å². The number of rotatable bonds is 5. The molecule has 1 atom stereocenters. The lowest BCUT2D eigenvalue weighted by atomic mass is 9.94. The number of hydrogen-bond acceptors (Lipinski definition) is 6. The molecule has 176 valence electrons. The maximum Gasteiger partial charge on any atom is 0.255 e. The van der Waals surface area contributed by atoms with Gasteiger partial charge in [-0.2, -0.15) is 5.10 Å². The number of anilines is 1. The van der Waals surface area contributed by atoms with Gasteiger partial charge in [-0.15, -0.1) is 0 Å². The summed E-state index contributed by atoms with van der Waals surface area (Å²) in [5, 5.41) is 14.0. The minimum atomic E-state index is -0.914. The largest absolute Gasteiger partial charge is 0.481 e. The number of amidine groups is 1. The number of carbonyl (C=O) groups is 1. The summed E-state index contributed by atoms with van der Waals surface area (Å²) in [6.07, 6.45) is 3.27. The van der Waals surface area contributed by atoms with Crippen molar-refractivity contribution in [1.29, 1.82) is 0 Å². The number of aromatic nitrogens is 3. The van der Waals surface area contributed by atoms with Crippen LogP contribution in [0.3, 0.4) is 0 Å². The van der Waals surface area contributed by atoms with Crippen LogP contribution >= 0.6 is 11.6 Å². The first kappa shape index (κ1) is 22.5. The number of benzene rings is 2. The maximum atomic E-state index is 15.0. The molecule has 1 aliphatic rings. The Hall–Kier alpha value is -4.24. The molecule has 2 aromatic heterocycles. The van der Waals surface area contributed by atoms with Gasteiger partial charge in [-0.3, -0.25) is 14.9 Å². The number of aliphatic imine (C=N–C) groups is 1. The summed E-state index contributed by atoms with van der Waals surface area (Å²) in [4.78, 5) is 22.4. The van der Waals surface area contributed by atoms with Crippen LogP contribution < -0.4 is 15.4 Å². The van der Waals surface area contributed by atoms with Gasteiger partial charge >= 0.3 is 0 Å². The fourth-order valence-electron chi connectivity index (χ4n) is 3.93. The Labute approximate surface area is 204 Å². The molecule has 3 N–H and O–H groups in total. The highest BCUT2D eigenvalue weighted by molar-refractivity contribution is 6.30. The second-order valence-corrected chi connectivity index (χ2v) is 8.36. The normalized spacial score (nSPS) is 15.5. The van der Waals surface area contributed by atoms with E-state index in [9.17, 15) is 4.79 Å². The number of H-pyrrole nitrogens is 1. The number of ether oxygens (including phenoxy) is 1. The summed E-state index contributed by atoms with van der Waals surface area (Å²) in [6.45, 7) is 1.75. The molecule has 1 aliphatic heterocycles. The molecule has 0 bridgehead atoms. The van der Waals surface area contributed by atoms with Crippen molar-refractivity contribution in [1.82, 2.24) is 20.5 Å². The number of pyridine rings is 1. The molecule has 8 nitrogen and oxygen atoms in total. The van der Waals surface area contributed by atoms with Crippen LogP contribution in [0.4, 0.5) is 10.1 Å². The first-order valence-corrected chi connectivity index (χ1v) is 11.1. The van der Waals surface area contributed by atoms with Gasteiger partial charge in [0, 0.05) is 45.2 Å². The van der Waals surface area contributed by atoms with Gasteiger partial charge < -0.3 is 15.4 Å². The van der Waals surface area contributed by atoms with Crippen LogP contribution in [-0.2, 0) is 4.79 Å². The lowest BCUT2D eigenvalue weighted by Gasteiger charge is -2.27. The third-order valence-corrected chi connectivity index (χ3v) is 5.90. The van der Waals surface area contributed by atoms with Crippen LogP contribution in [0.2, 0.25) is 5.02 Å². The van der Waals surface area contributed by atoms with E-state index in [0.717, 1.165) is 10.9 Å². The van der Waals surface area contributed by atoms with Gasteiger partial charge in [0.25, 0.3) is 5.91 Å². The van der Waals surface area contributed by atoms with E-state index in [0.29, 0.717) is 28.7 Å². The fourth-order valence-corrected chi connectivity index (χ4v) is 4.08. The molecule has 0 saturated carbocycles. The minimum Gasteiger partial charge on any atom is -0.481 e. The van der Waals surface area contributed by atoms with Crippen molar-refractivity contribution in [3.63, 3.8) is 0 Å². The molecule has 4 aromatic rings. The molecule has 0 spiro atoms. The number of carbonyl (C=O) groups excluding carboxylic acids is 1. The van der Waals surface area contributed by atoms with Crippen LogP contribution in [0.25, 0.3) is 10.9 Å². The van der Waals surface area contributed by atoms with Gasteiger partial charge in [0.15, 0.2) is 0 Å². The van der Waals surface area contributed by atoms with E-state index in [4.69, 9.17) is 21.3 Å². The van der Waals surface area contributed by atoms with E-state index >= 15 is 4.39 Å². The second-order valence-electron chi connectivity index (χ2n) is 7.93. The average molecular weight is 491 g/mol. The second kappa shape index (κ2) is 9.19. The Morgan fingerprint density at radius 1 is 1.14 bits per heavy atom. The van der Waals surface area contributed by atoms with Crippen LogP contribution in [0.5, 0.6) is 5.88 Å².